The smallest absolute Gasteiger partial charge is 0.225 e. The molecule has 80 valence electrons. The molecule has 14 heavy (non-hydrogen) atoms. The third kappa shape index (κ3) is 2.08. The molecule has 0 radical (unpaired) electrons. The SMILES string of the molecule is N[C@@H]1CCCN(C(=O)C2CCCC2)C1. The van der Waals surface area contributed by atoms with Gasteiger partial charge < -0.3 is 10.6 Å². The van der Waals surface area contributed by atoms with E-state index in [1.807, 2.05) is 4.90 Å². The molecule has 2 aliphatic rings. The molecule has 2 rings (SSSR count). The molecule has 0 bridgehead atoms. The third-order valence-corrected chi connectivity index (χ3v) is 3.47. The maximum absolute atomic E-state index is 12.0. The summed E-state index contributed by atoms with van der Waals surface area (Å²) in [5.74, 6) is 0.693. The van der Waals surface area contributed by atoms with Gasteiger partial charge in [-0.15, -0.1) is 0 Å². The highest BCUT2D eigenvalue weighted by Gasteiger charge is 2.29. The van der Waals surface area contributed by atoms with Crippen molar-refractivity contribution in [3.05, 3.63) is 0 Å². The zero-order chi connectivity index (χ0) is 9.97. The number of carbonyl (C=O) groups excluding carboxylic acids is 1. The van der Waals surface area contributed by atoms with E-state index in [9.17, 15) is 4.79 Å². The highest BCUT2D eigenvalue weighted by atomic mass is 16.2. The van der Waals surface area contributed by atoms with Crippen molar-refractivity contribution in [3.8, 4) is 0 Å². The summed E-state index contributed by atoms with van der Waals surface area (Å²) in [5, 5.41) is 0. The summed E-state index contributed by atoms with van der Waals surface area (Å²) in [5.41, 5.74) is 5.87. The predicted molar refractivity (Wildman–Crippen MR) is 55.7 cm³/mol. The average Bonchev–Trinajstić information content (AvgIpc) is 2.69. The number of amides is 1. The highest BCUT2D eigenvalue weighted by Crippen LogP contribution is 2.27. The molecule has 0 spiro atoms. The molecule has 2 fully saturated rings. The minimum absolute atomic E-state index is 0.217. The molecular formula is C11H20N2O. The molecule has 2 N–H and O–H groups in total. The van der Waals surface area contributed by atoms with Gasteiger partial charge in [-0.2, -0.15) is 0 Å². The Balaban J connectivity index is 1.89. The zero-order valence-electron chi connectivity index (χ0n) is 8.74. The molecule has 3 nitrogen and oxygen atoms in total. The van der Waals surface area contributed by atoms with Crippen LogP contribution in [0.2, 0.25) is 0 Å². The number of rotatable bonds is 1. The molecule has 0 aromatic carbocycles. The van der Waals surface area contributed by atoms with Crippen molar-refractivity contribution in [1.82, 2.24) is 4.90 Å². The number of nitrogens with two attached hydrogens (primary N) is 1. The molecule has 1 saturated heterocycles. The van der Waals surface area contributed by atoms with Gasteiger partial charge in [-0.05, 0) is 25.7 Å². The lowest BCUT2D eigenvalue weighted by Gasteiger charge is -2.32. The molecule has 1 aliphatic heterocycles. The summed E-state index contributed by atoms with van der Waals surface area (Å²) >= 11 is 0. The second kappa shape index (κ2) is 4.30. The third-order valence-electron chi connectivity index (χ3n) is 3.47. The van der Waals surface area contributed by atoms with Crippen LogP contribution in [0.4, 0.5) is 0 Å². The van der Waals surface area contributed by atoms with Crippen molar-refractivity contribution in [2.45, 2.75) is 44.6 Å². The Morgan fingerprint density at radius 1 is 1.14 bits per heavy atom. The Morgan fingerprint density at radius 3 is 2.50 bits per heavy atom. The van der Waals surface area contributed by atoms with Crippen LogP contribution in [0.5, 0.6) is 0 Å². The molecule has 1 atom stereocenters. The van der Waals surface area contributed by atoms with Crippen LogP contribution in [0, 0.1) is 5.92 Å². The number of hydrogen-bond donors (Lipinski definition) is 1. The molecule has 3 heteroatoms. The summed E-state index contributed by atoms with van der Waals surface area (Å²) in [6, 6.07) is 0.217. The molecule has 1 saturated carbocycles. The number of piperidine rings is 1. The van der Waals surface area contributed by atoms with Gasteiger partial charge in [0, 0.05) is 25.0 Å². The minimum Gasteiger partial charge on any atom is -0.341 e. The van der Waals surface area contributed by atoms with Crippen LogP contribution in [0.3, 0.4) is 0 Å². The van der Waals surface area contributed by atoms with Gasteiger partial charge in [0.2, 0.25) is 5.91 Å². The Hall–Kier alpha value is -0.570. The highest BCUT2D eigenvalue weighted by molar-refractivity contribution is 5.79. The number of hydrogen-bond acceptors (Lipinski definition) is 2. The summed E-state index contributed by atoms with van der Waals surface area (Å²) in [6.07, 6.45) is 6.83. The standard InChI is InChI=1S/C11H20N2O/c12-10-6-3-7-13(8-10)11(14)9-4-1-2-5-9/h9-10H,1-8,12H2/t10-/m1/s1. The van der Waals surface area contributed by atoms with Crippen LogP contribution < -0.4 is 5.73 Å². The number of nitrogens with zero attached hydrogens (tertiary/aromatic N) is 1. The fraction of sp³-hybridized carbons (Fsp3) is 0.909. The van der Waals surface area contributed by atoms with E-state index in [-0.39, 0.29) is 6.04 Å². The van der Waals surface area contributed by atoms with E-state index >= 15 is 0 Å². The molecular weight excluding hydrogens is 176 g/mol. The first-order valence-electron chi connectivity index (χ1n) is 5.82. The van der Waals surface area contributed by atoms with E-state index in [0.717, 1.165) is 38.8 Å². The fourth-order valence-corrected chi connectivity index (χ4v) is 2.64. The van der Waals surface area contributed by atoms with Crippen molar-refractivity contribution >= 4 is 5.91 Å². The average molecular weight is 196 g/mol. The van der Waals surface area contributed by atoms with Crippen LogP contribution >= 0.6 is 0 Å². The summed E-state index contributed by atoms with van der Waals surface area (Å²) < 4.78 is 0. The summed E-state index contributed by atoms with van der Waals surface area (Å²) in [7, 11) is 0. The first-order valence-corrected chi connectivity index (χ1v) is 5.82. The molecule has 1 amide bonds. The Labute approximate surface area is 85.6 Å². The topological polar surface area (TPSA) is 46.3 Å². The van der Waals surface area contributed by atoms with Gasteiger partial charge in [-0.3, -0.25) is 4.79 Å². The lowest BCUT2D eigenvalue weighted by atomic mass is 10.0. The van der Waals surface area contributed by atoms with E-state index in [0.29, 0.717) is 11.8 Å². The minimum atomic E-state index is 0.217. The van der Waals surface area contributed by atoms with Crippen LogP contribution in [0.25, 0.3) is 0 Å². The van der Waals surface area contributed by atoms with Crippen LogP contribution in [0.15, 0.2) is 0 Å². The van der Waals surface area contributed by atoms with Crippen LogP contribution in [-0.2, 0) is 4.79 Å². The maximum atomic E-state index is 12.0. The largest absolute Gasteiger partial charge is 0.341 e. The van der Waals surface area contributed by atoms with E-state index in [4.69, 9.17) is 5.73 Å². The van der Waals surface area contributed by atoms with Crippen LogP contribution in [0.1, 0.15) is 38.5 Å². The van der Waals surface area contributed by atoms with Gasteiger partial charge in [0.15, 0.2) is 0 Å². The normalized spacial score (nSPS) is 29.5. The molecule has 1 heterocycles. The first-order chi connectivity index (χ1) is 6.77. The Morgan fingerprint density at radius 2 is 1.86 bits per heavy atom. The van der Waals surface area contributed by atoms with Crippen molar-refractivity contribution in [2.75, 3.05) is 13.1 Å². The molecule has 1 aliphatic carbocycles. The van der Waals surface area contributed by atoms with E-state index in [2.05, 4.69) is 0 Å². The molecule has 0 aromatic rings. The summed E-state index contributed by atoms with van der Waals surface area (Å²) in [4.78, 5) is 14.0. The molecule has 0 aromatic heterocycles. The quantitative estimate of drug-likeness (QED) is 0.683. The van der Waals surface area contributed by atoms with E-state index in [1.165, 1.54) is 12.8 Å². The van der Waals surface area contributed by atoms with Crippen molar-refractivity contribution < 1.29 is 4.79 Å². The van der Waals surface area contributed by atoms with Gasteiger partial charge in [0.25, 0.3) is 0 Å². The second-order valence-electron chi connectivity index (χ2n) is 4.67. The Bertz CT molecular complexity index is 211. The van der Waals surface area contributed by atoms with Crippen LogP contribution in [-0.4, -0.2) is 29.9 Å². The number of carbonyl (C=O) groups is 1. The van der Waals surface area contributed by atoms with Crippen molar-refractivity contribution in [3.63, 3.8) is 0 Å². The number of likely N-dealkylation sites (tertiary alicyclic amines) is 1. The predicted octanol–water partition coefficient (Wildman–Crippen LogP) is 1.13. The van der Waals surface area contributed by atoms with Gasteiger partial charge in [-0.1, -0.05) is 12.8 Å². The van der Waals surface area contributed by atoms with Gasteiger partial charge in [0.05, 0.1) is 0 Å². The lowest BCUT2D eigenvalue weighted by molar-refractivity contribution is -0.136. The maximum Gasteiger partial charge on any atom is 0.225 e. The van der Waals surface area contributed by atoms with Crippen molar-refractivity contribution in [1.29, 1.82) is 0 Å². The van der Waals surface area contributed by atoms with Gasteiger partial charge in [-0.25, -0.2) is 0 Å². The first kappa shape index (κ1) is 9.97. The van der Waals surface area contributed by atoms with E-state index < -0.39 is 0 Å². The monoisotopic (exact) mass is 196 g/mol. The zero-order valence-corrected chi connectivity index (χ0v) is 8.74. The lowest BCUT2D eigenvalue weighted by Crippen LogP contribution is -2.47. The van der Waals surface area contributed by atoms with Crippen molar-refractivity contribution in [2.24, 2.45) is 11.7 Å². The fourth-order valence-electron chi connectivity index (χ4n) is 2.64. The van der Waals surface area contributed by atoms with Gasteiger partial charge in [0.1, 0.15) is 0 Å². The second-order valence-corrected chi connectivity index (χ2v) is 4.67. The van der Waals surface area contributed by atoms with Gasteiger partial charge >= 0.3 is 0 Å². The molecule has 0 unspecified atom stereocenters. The van der Waals surface area contributed by atoms with E-state index in [1.54, 1.807) is 0 Å². The Kier molecular flexibility index (Phi) is 3.06. The summed E-state index contributed by atoms with van der Waals surface area (Å²) in [6.45, 7) is 1.72.